The van der Waals surface area contributed by atoms with E-state index in [-0.39, 0.29) is 32.0 Å². The van der Waals surface area contributed by atoms with Gasteiger partial charge in [0, 0.05) is 13.1 Å². The first-order valence-electron chi connectivity index (χ1n) is 3.88. The number of amides is 1. The normalized spacial score (nSPS) is 26.4. The zero-order chi connectivity index (χ0) is 9.14. The van der Waals surface area contributed by atoms with E-state index in [2.05, 4.69) is 0 Å². The average Bonchev–Trinajstić information content (AvgIpc) is 2.30. The van der Waals surface area contributed by atoms with Crippen molar-refractivity contribution < 1.29 is 20.1 Å². The van der Waals surface area contributed by atoms with E-state index in [1.807, 2.05) is 0 Å². The Kier molecular flexibility index (Phi) is 3.02. The Bertz CT molecular complexity index is 173. The lowest BCUT2D eigenvalue weighted by Gasteiger charge is -2.18. The summed E-state index contributed by atoms with van der Waals surface area (Å²) in [7, 11) is 0. The van der Waals surface area contributed by atoms with Gasteiger partial charge in [-0.3, -0.25) is 4.79 Å². The molecule has 3 N–H and O–H groups in total. The van der Waals surface area contributed by atoms with Crippen LogP contribution in [-0.4, -0.2) is 58.0 Å². The number of aliphatic hydroxyl groups is 3. The summed E-state index contributed by atoms with van der Waals surface area (Å²) >= 11 is 0. The van der Waals surface area contributed by atoms with Crippen molar-refractivity contribution in [1.82, 2.24) is 4.90 Å². The molecule has 0 aliphatic carbocycles. The minimum atomic E-state index is -0.903. The van der Waals surface area contributed by atoms with Gasteiger partial charge < -0.3 is 20.2 Å². The van der Waals surface area contributed by atoms with Crippen molar-refractivity contribution in [2.45, 2.75) is 18.6 Å². The molecule has 0 saturated carbocycles. The number of β-amino-alcohol motifs (C(OH)–C–C–N with tert-alkyl or cyclic N) is 2. The first-order valence-corrected chi connectivity index (χ1v) is 3.88. The molecule has 5 heteroatoms. The first kappa shape index (κ1) is 9.44. The zero-order valence-electron chi connectivity index (χ0n) is 6.68. The van der Waals surface area contributed by atoms with Gasteiger partial charge in [-0.2, -0.15) is 0 Å². The summed E-state index contributed by atoms with van der Waals surface area (Å²) < 4.78 is 0. The number of nitrogens with zero attached hydrogens (tertiary/aromatic N) is 1. The van der Waals surface area contributed by atoms with E-state index in [1.54, 1.807) is 0 Å². The van der Waals surface area contributed by atoms with E-state index in [9.17, 15) is 4.79 Å². The summed E-state index contributed by atoms with van der Waals surface area (Å²) in [5.74, 6) is -0.171. The third-order valence-corrected chi connectivity index (χ3v) is 1.84. The Hall–Kier alpha value is -0.650. The number of hydrogen-bond acceptors (Lipinski definition) is 4. The maximum atomic E-state index is 11.0. The van der Waals surface area contributed by atoms with Crippen LogP contribution in [0.15, 0.2) is 0 Å². The molecule has 1 aliphatic heterocycles. The molecule has 0 aromatic carbocycles. The number of carbonyl (C=O) groups is 1. The Morgan fingerprint density at radius 1 is 1.67 bits per heavy atom. The van der Waals surface area contributed by atoms with Crippen molar-refractivity contribution in [3.05, 3.63) is 0 Å². The van der Waals surface area contributed by atoms with Crippen LogP contribution < -0.4 is 0 Å². The average molecular weight is 175 g/mol. The maximum absolute atomic E-state index is 11.0. The third-order valence-electron chi connectivity index (χ3n) is 1.84. The molecule has 70 valence electrons. The molecular weight excluding hydrogens is 162 g/mol. The largest absolute Gasteiger partial charge is 0.394 e. The smallest absolute Gasteiger partial charge is 0.225 e. The van der Waals surface area contributed by atoms with Crippen molar-refractivity contribution >= 4 is 5.91 Å². The van der Waals surface area contributed by atoms with E-state index in [0.29, 0.717) is 0 Å². The lowest BCUT2D eigenvalue weighted by molar-refractivity contribution is -0.129. The lowest BCUT2D eigenvalue weighted by Crippen LogP contribution is -2.35. The fourth-order valence-electron chi connectivity index (χ4n) is 1.24. The number of hydrogen-bond donors (Lipinski definition) is 3. The van der Waals surface area contributed by atoms with E-state index in [4.69, 9.17) is 15.3 Å². The Morgan fingerprint density at radius 3 is 2.75 bits per heavy atom. The number of likely N-dealkylation sites (tertiary alicyclic amines) is 1. The predicted molar refractivity (Wildman–Crippen MR) is 40.3 cm³/mol. The van der Waals surface area contributed by atoms with Crippen LogP contribution in [0.25, 0.3) is 0 Å². The van der Waals surface area contributed by atoms with E-state index in [1.165, 1.54) is 4.90 Å². The van der Waals surface area contributed by atoms with Crippen molar-refractivity contribution in [1.29, 1.82) is 0 Å². The van der Waals surface area contributed by atoms with Crippen LogP contribution in [-0.2, 0) is 4.79 Å². The number of aliphatic hydroxyl groups excluding tert-OH is 3. The predicted octanol–water partition coefficient (Wildman–Crippen LogP) is -2.07. The van der Waals surface area contributed by atoms with Gasteiger partial charge in [-0.25, -0.2) is 0 Å². The van der Waals surface area contributed by atoms with Crippen molar-refractivity contribution in [2.24, 2.45) is 0 Å². The molecule has 0 bridgehead atoms. The maximum Gasteiger partial charge on any atom is 0.225 e. The summed E-state index contributed by atoms with van der Waals surface area (Å²) in [6.07, 6.45) is -1.40. The summed E-state index contributed by atoms with van der Waals surface area (Å²) in [5.41, 5.74) is 0. The summed E-state index contributed by atoms with van der Waals surface area (Å²) in [4.78, 5) is 12.4. The minimum absolute atomic E-state index is 0.104. The molecule has 1 unspecified atom stereocenters. The molecule has 2 atom stereocenters. The quantitative estimate of drug-likeness (QED) is 0.460. The Balaban J connectivity index is 2.37. The molecule has 1 fully saturated rings. The molecule has 5 nitrogen and oxygen atoms in total. The highest BCUT2D eigenvalue weighted by Gasteiger charge is 2.28. The molecule has 0 aromatic heterocycles. The van der Waals surface area contributed by atoms with Gasteiger partial charge in [0.1, 0.15) is 0 Å². The van der Waals surface area contributed by atoms with Gasteiger partial charge in [0.05, 0.1) is 25.2 Å². The monoisotopic (exact) mass is 175 g/mol. The molecule has 1 rings (SSSR count). The molecule has 0 aromatic rings. The molecule has 1 heterocycles. The highest BCUT2D eigenvalue weighted by atomic mass is 16.3. The van der Waals surface area contributed by atoms with Gasteiger partial charge in [0.2, 0.25) is 5.91 Å². The third kappa shape index (κ3) is 2.17. The molecular formula is C7H13NO4. The molecule has 0 spiro atoms. The highest BCUT2D eigenvalue weighted by Crippen LogP contribution is 2.10. The van der Waals surface area contributed by atoms with Crippen molar-refractivity contribution in [3.8, 4) is 0 Å². The Morgan fingerprint density at radius 2 is 2.33 bits per heavy atom. The van der Waals surface area contributed by atoms with Crippen LogP contribution in [0.2, 0.25) is 0 Å². The minimum Gasteiger partial charge on any atom is -0.394 e. The SMILES string of the molecule is O=C1CC(O)CN1C[C@@H](O)CO. The van der Waals surface area contributed by atoms with Gasteiger partial charge in [-0.05, 0) is 0 Å². The van der Waals surface area contributed by atoms with E-state index >= 15 is 0 Å². The van der Waals surface area contributed by atoms with Crippen LogP contribution in [0.1, 0.15) is 6.42 Å². The topological polar surface area (TPSA) is 81.0 Å². The highest BCUT2D eigenvalue weighted by molar-refractivity contribution is 5.79. The van der Waals surface area contributed by atoms with Crippen LogP contribution >= 0.6 is 0 Å². The second-order valence-corrected chi connectivity index (χ2v) is 2.99. The standard InChI is InChI=1S/C7H13NO4/c9-4-6(11)3-8-2-5(10)1-7(8)12/h5-6,9-11H,1-4H2/t5?,6-/m1/s1. The molecule has 1 amide bonds. The first-order chi connectivity index (χ1) is 5.63. The second kappa shape index (κ2) is 3.84. The van der Waals surface area contributed by atoms with Gasteiger partial charge in [-0.15, -0.1) is 0 Å². The van der Waals surface area contributed by atoms with E-state index < -0.39 is 12.2 Å². The van der Waals surface area contributed by atoms with Crippen LogP contribution in [0, 0.1) is 0 Å². The van der Waals surface area contributed by atoms with Crippen LogP contribution in [0.5, 0.6) is 0 Å². The van der Waals surface area contributed by atoms with Crippen LogP contribution in [0.3, 0.4) is 0 Å². The molecule has 0 radical (unpaired) electrons. The fraction of sp³-hybridized carbons (Fsp3) is 0.857. The molecule has 12 heavy (non-hydrogen) atoms. The van der Waals surface area contributed by atoms with Gasteiger partial charge in [-0.1, -0.05) is 0 Å². The Labute approximate surface area is 70.2 Å². The molecule has 1 aliphatic rings. The summed E-state index contributed by atoms with van der Waals surface area (Å²) in [6, 6.07) is 0. The summed E-state index contributed by atoms with van der Waals surface area (Å²) in [5, 5.41) is 26.5. The molecule has 1 saturated heterocycles. The van der Waals surface area contributed by atoms with Gasteiger partial charge in [0.25, 0.3) is 0 Å². The fourth-order valence-corrected chi connectivity index (χ4v) is 1.24. The van der Waals surface area contributed by atoms with Crippen LogP contribution in [0.4, 0.5) is 0 Å². The van der Waals surface area contributed by atoms with Crippen molar-refractivity contribution in [2.75, 3.05) is 19.7 Å². The van der Waals surface area contributed by atoms with Crippen molar-refractivity contribution in [3.63, 3.8) is 0 Å². The number of carbonyl (C=O) groups excluding carboxylic acids is 1. The van der Waals surface area contributed by atoms with E-state index in [0.717, 1.165) is 0 Å². The summed E-state index contributed by atoms with van der Waals surface area (Å²) in [6.45, 7) is 0.00214. The second-order valence-electron chi connectivity index (χ2n) is 2.99. The zero-order valence-corrected chi connectivity index (χ0v) is 6.68. The number of rotatable bonds is 3. The van der Waals surface area contributed by atoms with Gasteiger partial charge in [0.15, 0.2) is 0 Å². The lowest BCUT2D eigenvalue weighted by atomic mass is 10.3. The van der Waals surface area contributed by atoms with Gasteiger partial charge >= 0.3 is 0 Å².